The zero-order valence-electron chi connectivity index (χ0n) is 14.2. The highest BCUT2D eigenvalue weighted by molar-refractivity contribution is 5.76. The largest absolute Gasteiger partial charge is 0.341 e. The highest BCUT2D eigenvalue weighted by atomic mass is 16.2. The molecule has 3 atom stereocenters. The molecule has 23 heavy (non-hydrogen) atoms. The van der Waals surface area contributed by atoms with Crippen molar-refractivity contribution in [3.05, 3.63) is 5.82 Å². The molecular weight excluding hydrogens is 292 g/mol. The lowest BCUT2D eigenvalue weighted by Crippen LogP contribution is -2.52. The smallest absolute Gasteiger partial charge is 0.222 e. The van der Waals surface area contributed by atoms with Gasteiger partial charge in [-0.2, -0.15) is 5.21 Å². The van der Waals surface area contributed by atoms with Crippen molar-refractivity contribution in [1.82, 2.24) is 30.4 Å². The summed E-state index contributed by atoms with van der Waals surface area (Å²) >= 11 is 0. The normalized spacial score (nSPS) is 29.1. The Balaban J connectivity index is 1.48. The van der Waals surface area contributed by atoms with Crippen LogP contribution in [0.15, 0.2) is 0 Å². The van der Waals surface area contributed by atoms with E-state index in [4.69, 9.17) is 0 Å². The number of hydrogen-bond donors (Lipinski definition) is 1. The van der Waals surface area contributed by atoms with E-state index in [-0.39, 0.29) is 5.91 Å². The third-order valence-corrected chi connectivity index (χ3v) is 5.37. The molecule has 3 unspecified atom stereocenters. The second-order valence-electron chi connectivity index (χ2n) is 7.04. The van der Waals surface area contributed by atoms with E-state index in [1.54, 1.807) is 0 Å². The van der Waals surface area contributed by atoms with E-state index in [2.05, 4.69) is 44.3 Å². The van der Waals surface area contributed by atoms with Gasteiger partial charge in [0.1, 0.15) is 0 Å². The van der Waals surface area contributed by atoms with Gasteiger partial charge in [-0.25, -0.2) is 0 Å². The molecule has 128 valence electrons. The van der Waals surface area contributed by atoms with E-state index in [1.165, 1.54) is 19.3 Å². The predicted octanol–water partition coefficient (Wildman–Crippen LogP) is 1.39. The molecule has 0 spiro atoms. The van der Waals surface area contributed by atoms with Crippen LogP contribution < -0.4 is 0 Å². The number of H-pyrrole nitrogens is 1. The van der Waals surface area contributed by atoms with E-state index in [0.29, 0.717) is 36.8 Å². The molecule has 7 heteroatoms. The number of piperidine rings is 1. The fraction of sp³-hybridized carbons (Fsp3) is 0.875. The van der Waals surface area contributed by atoms with Gasteiger partial charge in [0, 0.05) is 44.1 Å². The predicted molar refractivity (Wildman–Crippen MR) is 86.7 cm³/mol. The maximum absolute atomic E-state index is 12.5. The van der Waals surface area contributed by atoms with Crippen molar-refractivity contribution in [2.75, 3.05) is 13.1 Å². The summed E-state index contributed by atoms with van der Waals surface area (Å²) in [6, 6.07) is 1.85. The van der Waals surface area contributed by atoms with Crippen molar-refractivity contribution in [3.63, 3.8) is 0 Å². The van der Waals surface area contributed by atoms with Gasteiger partial charge in [-0.15, -0.1) is 10.2 Å². The van der Waals surface area contributed by atoms with Gasteiger partial charge in [-0.05, 0) is 46.0 Å². The van der Waals surface area contributed by atoms with Crippen LogP contribution in [0.25, 0.3) is 0 Å². The SMILES string of the molecule is CC1CCC(C)N1C1CCCN(C(=O)CCCc2nn[nH]n2)C1. The molecule has 1 N–H and O–H groups in total. The maximum Gasteiger partial charge on any atom is 0.222 e. The zero-order valence-corrected chi connectivity index (χ0v) is 14.2. The van der Waals surface area contributed by atoms with Crippen LogP contribution in [0, 0.1) is 0 Å². The lowest BCUT2D eigenvalue weighted by Gasteiger charge is -2.41. The van der Waals surface area contributed by atoms with Gasteiger partial charge in [0.15, 0.2) is 5.82 Å². The summed E-state index contributed by atoms with van der Waals surface area (Å²) < 4.78 is 0. The number of likely N-dealkylation sites (tertiary alicyclic amines) is 2. The topological polar surface area (TPSA) is 78.0 Å². The van der Waals surface area contributed by atoms with Gasteiger partial charge in [-0.3, -0.25) is 9.69 Å². The number of hydrogen-bond acceptors (Lipinski definition) is 5. The van der Waals surface area contributed by atoms with Crippen molar-refractivity contribution < 1.29 is 4.79 Å². The summed E-state index contributed by atoms with van der Waals surface area (Å²) in [6.07, 6.45) is 6.99. The number of aryl methyl sites for hydroxylation is 1. The monoisotopic (exact) mass is 320 g/mol. The molecule has 1 aromatic rings. The quantitative estimate of drug-likeness (QED) is 0.887. The minimum atomic E-state index is 0.276. The minimum Gasteiger partial charge on any atom is -0.341 e. The Kier molecular flexibility index (Phi) is 5.25. The van der Waals surface area contributed by atoms with Crippen molar-refractivity contribution in [1.29, 1.82) is 0 Å². The van der Waals surface area contributed by atoms with Crippen LogP contribution in [0.2, 0.25) is 0 Å². The molecule has 3 rings (SSSR count). The third-order valence-electron chi connectivity index (χ3n) is 5.37. The van der Waals surface area contributed by atoms with Crippen LogP contribution in [0.3, 0.4) is 0 Å². The number of nitrogens with one attached hydrogen (secondary N) is 1. The molecule has 3 heterocycles. The maximum atomic E-state index is 12.5. The second-order valence-corrected chi connectivity index (χ2v) is 7.04. The molecule has 1 amide bonds. The molecule has 7 nitrogen and oxygen atoms in total. The van der Waals surface area contributed by atoms with E-state index in [1.807, 2.05) is 0 Å². The standard InChI is InChI=1S/C16H28N6O/c1-12-8-9-13(2)22(12)14-5-4-10-21(11-14)16(23)7-3-6-15-17-19-20-18-15/h12-14H,3-11H2,1-2H3,(H,17,18,19,20). The molecule has 0 bridgehead atoms. The molecule has 2 aliphatic heterocycles. The molecule has 1 aromatic heterocycles. The fourth-order valence-corrected chi connectivity index (χ4v) is 4.20. The van der Waals surface area contributed by atoms with Crippen molar-refractivity contribution in [2.24, 2.45) is 0 Å². The summed E-state index contributed by atoms with van der Waals surface area (Å²) in [6.45, 7) is 6.47. The summed E-state index contributed by atoms with van der Waals surface area (Å²) in [4.78, 5) is 17.2. The minimum absolute atomic E-state index is 0.276. The van der Waals surface area contributed by atoms with Crippen molar-refractivity contribution in [2.45, 2.75) is 76.9 Å². The van der Waals surface area contributed by atoms with Crippen molar-refractivity contribution >= 4 is 5.91 Å². The molecule has 2 aliphatic rings. The van der Waals surface area contributed by atoms with Crippen LogP contribution in [0.5, 0.6) is 0 Å². The first kappa shape index (κ1) is 16.4. The van der Waals surface area contributed by atoms with Gasteiger partial charge in [0.05, 0.1) is 0 Å². The first-order valence-electron chi connectivity index (χ1n) is 8.92. The molecule has 0 aliphatic carbocycles. The molecule has 0 radical (unpaired) electrons. The average molecular weight is 320 g/mol. The number of rotatable bonds is 5. The zero-order chi connectivity index (χ0) is 16.2. The Morgan fingerprint density at radius 2 is 2.04 bits per heavy atom. The summed E-state index contributed by atoms with van der Waals surface area (Å²) in [5, 5.41) is 13.8. The fourth-order valence-electron chi connectivity index (χ4n) is 4.20. The number of tetrazole rings is 1. The molecule has 0 saturated carbocycles. The van der Waals surface area contributed by atoms with Crippen LogP contribution in [-0.4, -0.2) is 67.5 Å². The van der Waals surface area contributed by atoms with Crippen LogP contribution in [0.1, 0.15) is 58.2 Å². The van der Waals surface area contributed by atoms with Crippen LogP contribution >= 0.6 is 0 Å². The summed E-state index contributed by atoms with van der Waals surface area (Å²) in [5.41, 5.74) is 0. The molecule has 0 aromatic carbocycles. The number of carbonyl (C=O) groups is 1. The third kappa shape index (κ3) is 3.88. The Morgan fingerprint density at radius 1 is 1.26 bits per heavy atom. The molecule has 2 fully saturated rings. The lowest BCUT2D eigenvalue weighted by molar-refractivity contribution is -0.133. The van der Waals surface area contributed by atoms with E-state index >= 15 is 0 Å². The first-order valence-corrected chi connectivity index (χ1v) is 8.92. The van der Waals surface area contributed by atoms with Gasteiger partial charge < -0.3 is 4.90 Å². The number of carbonyl (C=O) groups excluding carboxylic acids is 1. The van der Waals surface area contributed by atoms with E-state index < -0.39 is 0 Å². The summed E-state index contributed by atoms with van der Waals surface area (Å²) in [7, 11) is 0. The highest BCUT2D eigenvalue weighted by Gasteiger charge is 2.36. The number of nitrogens with zero attached hydrogens (tertiary/aromatic N) is 5. The summed E-state index contributed by atoms with van der Waals surface area (Å²) in [5.74, 6) is 0.965. The Bertz CT molecular complexity index is 495. The van der Waals surface area contributed by atoms with Crippen LogP contribution in [0.4, 0.5) is 0 Å². The first-order chi connectivity index (χ1) is 11.1. The second kappa shape index (κ2) is 7.38. The van der Waals surface area contributed by atoms with Gasteiger partial charge in [-0.1, -0.05) is 5.21 Å². The lowest BCUT2D eigenvalue weighted by atomic mass is 10.0. The molecule has 2 saturated heterocycles. The van der Waals surface area contributed by atoms with Crippen molar-refractivity contribution in [3.8, 4) is 0 Å². The Hall–Kier alpha value is -1.50. The van der Waals surface area contributed by atoms with E-state index in [0.717, 1.165) is 25.9 Å². The molecular formula is C16H28N6O. The number of aromatic amines is 1. The highest BCUT2D eigenvalue weighted by Crippen LogP contribution is 2.29. The van der Waals surface area contributed by atoms with E-state index in [9.17, 15) is 4.79 Å². The number of amides is 1. The van der Waals surface area contributed by atoms with Gasteiger partial charge in [0.2, 0.25) is 5.91 Å². The Labute approximate surface area is 137 Å². The number of aromatic nitrogens is 4. The Morgan fingerprint density at radius 3 is 2.74 bits per heavy atom. The van der Waals surface area contributed by atoms with Gasteiger partial charge in [0.25, 0.3) is 0 Å². The van der Waals surface area contributed by atoms with Gasteiger partial charge >= 0.3 is 0 Å². The average Bonchev–Trinajstić information content (AvgIpc) is 3.17. The van der Waals surface area contributed by atoms with Crippen LogP contribution in [-0.2, 0) is 11.2 Å².